The van der Waals surface area contributed by atoms with E-state index < -0.39 is 6.04 Å². The Labute approximate surface area is 137 Å². The van der Waals surface area contributed by atoms with E-state index in [9.17, 15) is 4.79 Å². The molecule has 1 atom stereocenters. The number of nitrogens with zero attached hydrogens (tertiary/aromatic N) is 5. The molecular formula is C15H16N6OS. The molecule has 0 aliphatic rings. The van der Waals surface area contributed by atoms with Crippen LogP contribution >= 0.6 is 11.3 Å². The first-order chi connectivity index (χ1) is 11.2. The van der Waals surface area contributed by atoms with Gasteiger partial charge < -0.3 is 5.32 Å². The molecular weight excluding hydrogens is 312 g/mol. The van der Waals surface area contributed by atoms with Crippen LogP contribution in [0.1, 0.15) is 22.4 Å². The number of benzene rings is 1. The minimum atomic E-state index is -0.493. The minimum absolute atomic E-state index is 0.126. The number of tetrazole rings is 1. The van der Waals surface area contributed by atoms with Crippen LogP contribution in [0.3, 0.4) is 0 Å². The van der Waals surface area contributed by atoms with Gasteiger partial charge in [-0.3, -0.25) is 4.79 Å². The number of carbonyl (C=O) groups excluding carboxylic acids is 1. The Bertz CT molecular complexity index is 755. The highest BCUT2D eigenvalue weighted by molar-refractivity contribution is 7.09. The van der Waals surface area contributed by atoms with Gasteiger partial charge in [0, 0.05) is 18.0 Å². The van der Waals surface area contributed by atoms with Crippen molar-refractivity contribution in [2.24, 2.45) is 0 Å². The van der Waals surface area contributed by atoms with Gasteiger partial charge >= 0.3 is 0 Å². The highest BCUT2D eigenvalue weighted by Crippen LogP contribution is 2.15. The van der Waals surface area contributed by atoms with E-state index in [-0.39, 0.29) is 5.91 Å². The number of aryl methyl sites for hydroxylation is 1. The second kappa shape index (κ2) is 7.10. The fraction of sp³-hybridized carbons (Fsp3) is 0.267. The van der Waals surface area contributed by atoms with E-state index in [1.165, 1.54) is 11.3 Å². The summed E-state index contributed by atoms with van der Waals surface area (Å²) < 4.78 is 1.56. The number of nitrogens with one attached hydrogen (secondary N) is 1. The Morgan fingerprint density at radius 3 is 2.83 bits per heavy atom. The zero-order chi connectivity index (χ0) is 16.1. The highest BCUT2D eigenvalue weighted by atomic mass is 32.1. The summed E-state index contributed by atoms with van der Waals surface area (Å²) in [5.41, 5.74) is 1.05. The first kappa shape index (κ1) is 15.3. The van der Waals surface area contributed by atoms with Crippen molar-refractivity contribution in [2.45, 2.75) is 25.9 Å². The molecule has 0 saturated heterocycles. The molecule has 23 heavy (non-hydrogen) atoms. The predicted octanol–water partition coefficient (Wildman–Crippen LogP) is 1.54. The molecule has 1 unspecified atom stereocenters. The van der Waals surface area contributed by atoms with Gasteiger partial charge in [-0.05, 0) is 22.9 Å². The Morgan fingerprint density at radius 1 is 1.35 bits per heavy atom. The molecule has 2 heterocycles. The minimum Gasteiger partial charge on any atom is -0.348 e. The van der Waals surface area contributed by atoms with Crippen molar-refractivity contribution in [1.82, 2.24) is 30.5 Å². The van der Waals surface area contributed by atoms with Gasteiger partial charge in [-0.2, -0.15) is 0 Å². The van der Waals surface area contributed by atoms with Gasteiger partial charge in [0.25, 0.3) is 0 Å². The molecule has 0 aliphatic heterocycles. The summed E-state index contributed by atoms with van der Waals surface area (Å²) in [6.45, 7) is 2.19. The largest absolute Gasteiger partial charge is 0.348 e. The fourth-order valence-corrected chi connectivity index (χ4v) is 2.83. The zero-order valence-corrected chi connectivity index (χ0v) is 13.4. The molecule has 1 N–H and O–H groups in total. The number of aromatic nitrogens is 5. The standard InChI is InChI=1S/C15H16N6OS/c1-11-18-19-20-21(11)13(9-12-5-3-2-4-6-12)15(22)17-10-14-16-7-8-23-14/h2-8,13H,9-10H2,1H3,(H,17,22). The molecule has 1 aromatic carbocycles. The van der Waals surface area contributed by atoms with Crippen molar-refractivity contribution in [3.05, 3.63) is 58.3 Å². The van der Waals surface area contributed by atoms with E-state index in [1.54, 1.807) is 17.8 Å². The van der Waals surface area contributed by atoms with Crippen molar-refractivity contribution >= 4 is 17.2 Å². The summed E-state index contributed by atoms with van der Waals surface area (Å²) in [6, 6.07) is 9.33. The number of rotatable bonds is 6. The summed E-state index contributed by atoms with van der Waals surface area (Å²) in [5.74, 6) is 0.481. The van der Waals surface area contributed by atoms with E-state index in [2.05, 4.69) is 25.8 Å². The molecule has 3 aromatic rings. The van der Waals surface area contributed by atoms with E-state index in [4.69, 9.17) is 0 Å². The van der Waals surface area contributed by atoms with Crippen LogP contribution in [0, 0.1) is 6.92 Å². The van der Waals surface area contributed by atoms with Crippen molar-refractivity contribution in [3.63, 3.8) is 0 Å². The van der Waals surface area contributed by atoms with Gasteiger partial charge in [0.15, 0.2) is 0 Å². The summed E-state index contributed by atoms with van der Waals surface area (Å²) in [6.07, 6.45) is 2.25. The molecule has 1 amide bonds. The van der Waals surface area contributed by atoms with Gasteiger partial charge in [-0.15, -0.1) is 16.4 Å². The van der Waals surface area contributed by atoms with E-state index in [0.717, 1.165) is 10.6 Å². The van der Waals surface area contributed by atoms with E-state index >= 15 is 0 Å². The lowest BCUT2D eigenvalue weighted by molar-refractivity contribution is -0.124. The maximum absolute atomic E-state index is 12.6. The van der Waals surface area contributed by atoms with Crippen LogP contribution < -0.4 is 5.32 Å². The zero-order valence-electron chi connectivity index (χ0n) is 12.6. The third-order valence-corrected chi connectivity index (χ3v) is 4.20. The Kier molecular flexibility index (Phi) is 4.72. The monoisotopic (exact) mass is 328 g/mol. The average molecular weight is 328 g/mol. The average Bonchev–Trinajstić information content (AvgIpc) is 3.23. The van der Waals surface area contributed by atoms with Crippen LogP contribution in [0.25, 0.3) is 0 Å². The first-order valence-electron chi connectivity index (χ1n) is 7.18. The molecule has 0 fully saturated rings. The summed E-state index contributed by atoms with van der Waals surface area (Å²) >= 11 is 1.51. The third kappa shape index (κ3) is 3.78. The predicted molar refractivity (Wildman–Crippen MR) is 85.7 cm³/mol. The van der Waals surface area contributed by atoms with Gasteiger partial charge in [0.1, 0.15) is 16.9 Å². The van der Waals surface area contributed by atoms with Crippen molar-refractivity contribution in [2.75, 3.05) is 0 Å². The van der Waals surface area contributed by atoms with Crippen LogP contribution in [0.2, 0.25) is 0 Å². The quantitative estimate of drug-likeness (QED) is 0.742. The summed E-state index contributed by atoms with van der Waals surface area (Å²) in [4.78, 5) is 16.8. The molecule has 0 spiro atoms. The number of thiazole rings is 1. The number of hydrogen-bond acceptors (Lipinski definition) is 6. The van der Waals surface area contributed by atoms with Crippen LogP contribution in [-0.2, 0) is 17.8 Å². The lowest BCUT2D eigenvalue weighted by Gasteiger charge is -2.17. The van der Waals surface area contributed by atoms with Crippen molar-refractivity contribution in [1.29, 1.82) is 0 Å². The number of amides is 1. The molecule has 8 heteroatoms. The molecule has 2 aromatic heterocycles. The summed E-state index contributed by atoms with van der Waals surface area (Å²) in [7, 11) is 0. The van der Waals surface area contributed by atoms with Gasteiger partial charge in [0.2, 0.25) is 5.91 Å². The van der Waals surface area contributed by atoms with Crippen LogP contribution in [0.5, 0.6) is 0 Å². The van der Waals surface area contributed by atoms with Crippen LogP contribution in [0.15, 0.2) is 41.9 Å². The normalized spacial score (nSPS) is 12.0. The van der Waals surface area contributed by atoms with E-state index in [1.807, 2.05) is 35.7 Å². The van der Waals surface area contributed by atoms with Gasteiger partial charge in [0.05, 0.1) is 6.54 Å². The summed E-state index contributed by atoms with van der Waals surface area (Å²) in [5, 5.41) is 17.2. The maximum atomic E-state index is 12.6. The molecule has 7 nitrogen and oxygen atoms in total. The Hall–Kier alpha value is -2.61. The molecule has 0 radical (unpaired) electrons. The van der Waals surface area contributed by atoms with E-state index in [0.29, 0.717) is 18.8 Å². The molecule has 0 aliphatic carbocycles. The van der Waals surface area contributed by atoms with Crippen LogP contribution in [0.4, 0.5) is 0 Å². The van der Waals surface area contributed by atoms with Gasteiger partial charge in [-0.25, -0.2) is 9.67 Å². The molecule has 118 valence electrons. The smallest absolute Gasteiger partial charge is 0.245 e. The Balaban J connectivity index is 1.77. The molecule has 0 bridgehead atoms. The fourth-order valence-electron chi connectivity index (χ4n) is 2.27. The maximum Gasteiger partial charge on any atom is 0.245 e. The Morgan fingerprint density at radius 2 is 2.17 bits per heavy atom. The highest BCUT2D eigenvalue weighted by Gasteiger charge is 2.24. The van der Waals surface area contributed by atoms with Crippen molar-refractivity contribution < 1.29 is 4.79 Å². The first-order valence-corrected chi connectivity index (χ1v) is 8.06. The topological polar surface area (TPSA) is 85.6 Å². The van der Waals surface area contributed by atoms with Crippen LogP contribution in [-0.4, -0.2) is 31.1 Å². The second-order valence-corrected chi connectivity index (χ2v) is 6.00. The molecule has 0 saturated carbocycles. The lowest BCUT2D eigenvalue weighted by atomic mass is 10.1. The number of carbonyl (C=O) groups is 1. The SMILES string of the molecule is Cc1nnnn1C(Cc1ccccc1)C(=O)NCc1nccs1. The lowest BCUT2D eigenvalue weighted by Crippen LogP contribution is -2.34. The molecule has 3 rings (SSSR count). The second-order valence-electron chi connectivity index (χ2n) is 5.02. The number of hydrogen-bond donors (Lipinski definition) is 1. The van der Waals surface area contributed by atoms with Crippen molar-refractivity contribution in [3.8, 4) is 0 Å². The van der Waals surface area contributed by atoms with Gasteiger partial charge in [-0.1, -0.05) is 30.3 Å². The third-order valence-electron chi connectivity index (χ3n) is 3.42.